The zero-order valence-electron chi connectivity index (χ0n) is 9.63. The van der Waals surface area contributed by atoms with E-state index in [-0.39, 0.29) is 5.56 Å². The van der Waals surface area contributed by atoms with Gasteiger partial charge in [0.1, 0.15) is 5.82 Å². The van der Waals surface area contributed by atoms with Crippen LogP contribution in [0.3, 0.4) is 0 Å². The molecule has 0 fully saturated rings. The Morgan fingerprint density at radius 2 is 2.27 bits per heavy atom. The highest BCUT2D eigenvalue weighted by molar-refractivity contribution is 5.02. The lowest BCUT2D eigenvalue weighted by molar-refractivity contribution is 0.571. The second-order valence-corrected chi connectivity index (χ2v) is 4.15. The third kappa shape index (κ3) is 4.25. The summed E-state index contributed by atoms with van der Waals surface area (Å²) in [6.45, 7) is 4.96. The highest BCUT2D eigenvalue weighted by atomic mass is 16.1. The van der Waals surface area contributed by atoms with Gasteiger partial charge in [-0.3, -0.25) is 4.79 Å². The topological polar surface area (TPSA) is 57.8 Å². The van der Waals surface area contributed by atoms with Gasteiger partial charge in [0.05, 0.1) is 5.69 Å². The van der Waals surface area contributed by atoms with E-state index in [0.29, 0.717) is 12.5 Å². The zero-order valence-corrected chi connectivity index (χ0v) is 9.63. The van der Waals surface area contributed by atoms with E-state index in [0.717, 1.165) is 24.4 Å². The molecule has 0 amide bonds. The molecular formula is C11H19N3O. The second-order valence-electron chi connectivity index (χ2n) is 4.15. The quantitative estimate of drug-likeness (QED) is 0.763. The molecule has 84 valence electrons. The summed E-state index contributed by atoms with van der Waals surface area (Å²) in [7, 11) is 1.84. The molecule has 0 saturated carbocycles. The van der Waals surface area contributed by atoms with Crippen molar-refractivity contribution in [2.75, 3.05) is 7.05 Å². The van der Waals surface area contributed by atoms with Crippen molar-refractivity contribution in [2.45, 2.75) is 33.2 Å². The number of aromatic nitrogens is 2. The molecule has 4 heteroatoms. The number of aromatic amines is 1. The molecule has 0 bridgehead atoms. The predicted molar refractivity (Wildman–Crippen MR) is 60.8 cm³/mol. The summed E-state index contributed by atoms with van der Waals surface area (Å²) in [4.78, 5) is 18.5. The summed E-state index contributed by atoms with van der Waals surface area (Å²) in [6, 6.07) is 1.54. The van der Waals surface area contributed by atoms with Crippen molar-refractivity contribution in [1.82, 2.24) is 15.3 Å². The summed E-state index contributed by atoms with van der Waals surface area (Å²) in [5.41, 5.74) is 0.744. The molecule has 0 spiro atoms. The maximum atomic E-state index is 11.3. The van der Waals surface area contributed by atoms with Crippen molar-refractivity contribution in [3.63, 3.8) is 0 Å². The number of nitrogens with zero attached hydrogens (tertiary/aromatic N) is 1. The first-order valence-electron chi connectivity index (χ1n) is 5.35. The minimum Gasteiger partial charge on any atom is -0.314 e. The molecule has 0 atom stereocenters. The van der Waals surface area contributed by atoms with E-state index >= 15 is 0 Å². The lowest BCUT2D eigenvalue weighted by atomic mass is 10.1. The van der Waals surface area contributed by atoms with Crippen LogP contribution in [0.1, 0.15) is 31.8 Å². The van der Waals surface area contributed by atoms with Crippen LogP contribution in [-0.4, -0.2) is 17.0 Å². The molecule has 0 aliphatic heterocycles. The van der Waals surface area contributed by atoms with Crippen LogP contribution in [0.4, 0.5) is 0 Å². The van der Waals surface area contributed by atoms with Crippen LogP contribution < -0.4 is 10.9 Å². The van der Waals surface area contributed by atoms with Crippen LogP contribution in [-0.2, 0) is 13.0 Å². The van der Waals surface area contributed by atoms with Crippen LogP contribution in [0.25, 0.3) is 0 Å². The molecule has 1 heterocycles. The third-order valence-electron chi connectivity index (χ3n) is 2.16. The number of rotatable bonds is 5. The van der Waals surface area contributed by atoms with Gasteiger partial charge in [-0.25, -0.2) is 4.98 Å². The fourth-order valence-electron chi connectivity index (χ4n) is 1.38. The molecule has 1 aromatic heterocycles. The lowest BCUT2D eigenvalue weighted by Gasteiger charge is -2.05. The molecule has 0 saturated heterocycles. The summed E-state index contributed by atoms with van der Waals surface area (Å²) in [5.74, 6) is 1.42. The van der Waals surface area contributed by atoms with Gasteiger partial charge < -0.3 is 10.3 Å². The van der Waals surface area contributed by atoms with Gasteiger partial charge in [-0.1, -0.05) is 13.8 Å². The smallest absolute Gasteiger partial charge is 0.251 e. The van der Waals surface area contributed by atoms with Gasteiger partial charge in [-0.15, -0.1) is 0 Å². The molecule has 0 aliphatic rings. The van der Waals surface area contributed by atoms with E-state index in [9.17, 15) is 4.79 Å². The average Bonchev–Trinajstić information content (AvgIpc) is 2.14. The van der Waals surface area contributed by atoms with Gasteiger partial charge in [-0.2, -0.15) is 0 Å². The van der Waals surface area contributed by atoms with Crippen LogP contribution in [0.5, 0.6) is 0 Å². The number of hydrogen-bond donors (Lipinski definition) is 2. The van der Waals surface area contributed by atoms with E-state index < -0.39 is 0 Å². The van der Waals surface area contributed by atoms with Gasteiger partial charge in [0.25, 0.3) is 5.56 Å². The summed E-state index contributed by atoms with van der Waals surface area (Å²) < 4.78 is 0. The Morgan fingerprint density at radius 1 is 1.53 bits per heavy atom. The summed E-state index contributed by atoms with van der Waals surface area (Å²) in [6.07, 6.45) is 1.89. The Hall–Kier alpha value is -1.16. The van der Waals surface area contributed by atoms with Gasteiger partial charge in [0, 0.05) is 19.0 Å². The van der Waals surface area contributed by atoms with E-state index in [4.69, 9.17) is 0 Å². The minimum atomic E-state index is -0.0611. The van der Waals surface area contributed by atoms with Crippen LogP contribution in [0.15, 0.2) is 10.9 Å². The molecule has 1 rings (SSSR count). The zero-order chi connectivity index (χ0) is 11.3. The highest BCUT2D eigenvalue weighted by Crippen LogP contribution is 2.04. The highest BCUT2D eigenvalue weighted by Gasteiger charge is 2.02. The molecule has 0 aromatic carbocycles. The van der Waals surface area contributed by atoms with Crippen molar-refractivity contribution >= 4 is 0 Å². The number of aryl methyl sites for hydroxylation is 1. The summed E-state index contributed by atoms with van der Waals surface area (Å²) >= 11 is 0. The van der Waals surface area contributed by atoms with Crippen molar-refractivity contribution in [3.05, 3.63) is 27.9 Å². The molecule has 2 N–H and O–H groups in total. The van der Waals surface area contributed by atoms with Gasteiger partial charge in [-0.05, 0) is 19.4 Å². The molecule has 15 heavy (non-hydrogen) atoms. The fourth-order valence-corrected chi connectivity index (χ4v) is 1.38. The van der Waals surface area contributed by atoms with E-state index in [2.05, 4.69) is 29.1 Å². The first-order valence-corrected chi connectivity index (χ1v) is 5.35. The van der Waals surface area contributed by atoms with Crippen molar-refractivity contribution < 1.29 is 0 Å². The largest absolute Gasteiger partial charge is 0.314 e. The number of hydrogen-bond acceptors (Lipinski definition) is 3. The molecule has 0 radical (unpaired) electrons. The minimum absolute atomic E-state index is 0.0611. The van der Waals surface area contributed by atoms with Crippen molar-refractivity contribution in [3.8, 4) is 0 Å². The molecule has 0 unspecified atom stereocenters. The van der Waals surface area contributed by atoms with Crippen LogP contribution in [0, 0.1) is 5.92 Å². The Kier molecular flexibility index (Phi) is 4.49. The van der Waals surface area contributed by atoms with E-state index in [1.54, 1.807) is 0 Å². The van der Waals surface area contributed by atoms with E-state index in [1.165, 1.54) is 6.07 Å². The van der Waals surface area contributed by atoms with Crippen LogP contribution >= 0.6 is 0 Å². The Labute approximate surface area is 90.1 Å². The molecule has 0 aliphatic carbocycles. The SMILES string of the molecule is CNCc1cc(=O)[nH]c(CCC(C)C)n1. The standard InChI is InChI=1S/C11H19N3O/c1-8(2)4-5-10-13-9(7-12-3)6-11(15)14-10/h6,8,12H,4-5,7H2,1-3H3,(H,13,14,15). The third-order valence-corrected chi connectivity index (χ3v) is 2.16. The maximum absolute atomic E-state index is 11.3. The van der Waals surface area contributed by atoms with Gasteiger partial charge in [0.2, 0.25) is 0 Å². The Balaban J connectivity index is 2.75. The lowest BCUT2D eigenvalue weighted by Crippen LogP contribution is -2.16. The summed E-state index contributed by atoms with van der Waals surface area (Å²) in [5, 5.41) is 2.99. The van der Waals surface area contributed by atoms with E-state index in [1.807, 2.05) is 7.05 Å². The fraction of sp³-hybridized carbons (Fsp3) is 0.636. The van der Waals surface area contributed by atoms with Gasteiger partial charge in [0.15, 0.2) is 0 Å². The molecule has 4 nitrogen and oxygen atoms in total. The maximum Gasteiger partial charge on any atom is 0.251 e. The predicted octanol–water partition coefficient (Wildman–Crippen LogP) is 1.08. The first kappa shape index (κ1) is 11.9. The molecule has 1 aromatic rings. The van der Waals surface area contributed by atoms with Crippen molar-refractivity contribution in [2.24, 2.45) is 5.92 Å². The monoisotopic (exact) mass is 209 g/mol. The van der Waals surface area contributed by atoms with Crippen molar-refractivity contribution in [1.29, 1.82) is 0 Å². The molecular weight excluding hydrogens is 190 g/mol. The first-order chi connectivity index (χ1) is 7.11. The Morgan fingerprint density at radius 3 is 2.87 bits per heavy atom. The number of H-pyrrole nitrogens is 1. The van der Waals surface area contributed by atoms with Gasteiger partial charge >= 0.3 is 0 Å². The average molecular weight is 209 g/mol. The van der Waals surface area contributed by atoms with Crippen LogP contribution in [0.2, 0.25) is 0 Å². The second kappa shape index (κ2) is 5.66. The normalized spacial score (nSPS) is 10.9. The number of nitrogens with one attached hydrogen (secondary N) is 2. The Bertz CT molecular complexity index is 357.